The van der Waals surface area contributed by atoms with Crippen LogP contribution in [0.15, 0.2) is 48.5 Å². The van der Waals surface area contributed by atoms with Gasteiger partial charge in [0.05, 0.1) is 11.9 Å². The third-order valence-corrected chi connectivity index (χ3v) is 6.02. The molecule has 5 heteroatoms. The van der Waals surface area contributed by atoms with E-state index in [4.69, 9.17) is 0 Å². The van der Waals surface area contributed by atoms with Gasteiger partial charge in [-0.05, 0) is 47.9 Å². The fraction of sp³-hybridized carbons (Fsp3) is 0.533. The van der Waals surface area contributed by atoms with E-state index < -0.39 is 11.9 Å². The minimum atomic E-state index is -1.10. The van der Waals surface area contributed by atoms with Crippen molar-refractivity contribution in [2.45, 2.75) is 104 Å². The summed E-state index contributed by atoms with van der Waals surface area (Å²) in [6, 6.07) is 14.1. The van der Waals surface area contributed by atoms with Gasteiger partial charge in [-0.15, -0.1) is 0 Å². The Morgan fingerprint density at radius 2 is 0.800 bits per heavy atom. The second-order valence-electron chi connectivity index (χ2n) is 9.00. The molecule has 0 atom stereocenters. The first-order chi connectivity index (χ1) is 16.5. The summed E-state index contributed by atoms with van der Waals surface area (Å²) in [6.45, 7) is 4.44. The summed E-state index contributed by atoms with van der Waals surface area (Å²) < 4.78 is 0. The maximum Gasteiger partial charge on any atom is 2.00 e. The smallest absolute Gasteiger partial charge is 0.545 e. The van der Waals surface area contributed by atoms with Gasteiger partial charge in [0, 0.05) is 0 Å². The van der Waals surface area contributed by atoms with Crippen molar-refractivity contribution < 1.29 is 39.3 Å². The van der Waals surface area contributed by atoms with Crippen molar-refractivity contribution in [2.24, 2.45) is 0 Å². The van der Waals surface area contributed by atoms with E-state index in [0.717, 1.165) is 12.8 Å². The molecule has 0 saturated carbocycles. The number of aromatic carboxylic acids is 2. The van der Waals surface area contributed by atoms with Crippen LogP contribution in [0.1, 0.15) is 123 Å². The quantitative estimate of drug-likeness (QED) is 0.199. The van der Waals surface area contributed by atoms with Gasteiger partial charge >= 0.3 is 19.5 Å². The molecular formula is C30H42O4Zn. The molecule has 2 aromatic rings. The minimum absolute atomic E-state index is 0. The van der Waals surface area contributed by atoms with Crippen LogP contribution in [0.25, 0.3) is 0 Å². The van der Waals surface area contributed by atoms with E-state index in [0.29, 0.717) is 0 Å². The van der Waals surface area contributed by atoms with Gasteiger partial charge in [0.15, 0.2) is 0 Å². The summed E-state index contributed by atoms with van der Waals surface area (Å²) in [7, 11) is 0. The van der Waals surface area contributed by atoms with Crippen molar-refractivity contribution >= 4 is 11.9 Å². The van der Waals surface area contributed by atoms with Crippen LogP contribution >= 0.6 is 0 Å². The summed E-state index contributed by atoms with van der Waals surface area (Å²) in [5.41, 5.74) is 2.95. The molecule has 0 aromatic heterocycles. The fourth-order valence-corrected chi connectivity index (χ4v) is 3.83. The van der Waals surface area contributed by atoms with E-state index in [1.807, 2.05) is 24.3 Å². The molecule has 35 heavy (non-hydrogen) atoms. The molecule has 2 aromatic carbocycles. The Hall–Kier alpha value is -2.00. The van der Waals surface area contributed by atoms with Crippen molar-refractivity contribution in [3.8, 4) is 0 Å². The second-order valence-corrected chi connectivity index (χ2v) is 9.00. The topological polar surface area (TPSA) is 80.3 Å². The van der Waals surface area contributed by atoms with Gasteiger partial charge in [-0.3, -0.25) is 0 Å². The maximum atomic E-state index is 10.6. The van der Waals surface area contributed by atoms with Crippen LogP contribution in [0.3, 0.4) is 0 Å². The van der Waals surface area contributed by atoms with E-state index in [-0.39, 0.29) is 30.6 Å². The van der Waals surface area contributed by atoms with E-state index in [1.54, 1.807) is 24.3 Å². The Morgan fingerprint density at radius 1 is 0.514 bits per heavy atom. The molecule has 0 unspecified atom stereocenters. The molecular weight excluding hydrogens is 490 g/mol. The van der Waals surface area contributed by atoms with Crippen LogP contribution < -0.4 is 10.2 Å². The number of unbranched alkanes of at least 4 members (excludes halogenated alkanes) is 10. The van der Waals surface area contributed by atoms with E-state index in [1.165, 1.54) is 88.2 Å². The van der Waals surface area contributed by atoms with Crippen molar-refractivity contribution in [2.75, 3.05) is 0 Å². The predicted octanol–water partition coefficient (Wildman–Crippen LogP) is 5.90. The molecule has 0 N–H and O–H groups in total. The molecule has 0 heterocycles. The Kier molecular flexibility index (Phi) is 20.1. The third-order valence-electron chi connectivity index (χ3n) is 6.02. The molecule has 0 aliphatic heterocycles. The number of hydrogen-bond acceptors (Lipinski definition) is 4. The number of rotatable bonds is 16. The van der Waals surface area contributed by atoms with Gasteiger partial charge in [-0.25, -0.2) is 0 Å². The number of benzene rings is 2. The minimum Gasteiger partial charge on any atom is -0.545 e. The Balaban J connectivity index is 0.000000642. The van der Waals surface area contributed by atoms with Crippen LogP contribution in [0.2, 0.25) is 0 Å². The SMILES string of the molecule is CCCCCCCCc1ccc(C(=O)[O-])cc1.CCCCCCCCc1ccc(C(=O)[O-])cc1.[Zn+2]. The molecule has 0 bridgehead atoms. The van der Waals surface area contributed by atoms with Gasteiger partial charge in [0.25, 0.3) is 0 Å². The van der Waals surface area contributed by atoms with Crippen molar-refractivity contribution in [1.82, 2.24) is 0 Å². The summed E-state index contributed by atoms with van der Waals surface area (Å²) in [6.07, 6.45) is 17.5. The normalized spacial score (nSPS) is 10.1. The number of carboxylic acids is 2. The zero-order valence-corrected chi connectivity index (χ0v) is 24.8. The molecule has 0 spiro atoms. The van der Waals surface area contributed by atoms with E-state index in [9.17, 15) is 19.8 Å². The second kappa shape index (κ2) is 21.3. The zero-order chi connectivity index (χ0) is 25.0. The monoisotopic (exact) mass is 530 g/mol. The van der Waals surface area contributed by atoms with Crippen LogP contribution in [0.5, 0.6) is 0 Å². The zero-order valence-electron chi connectivity index (χ0n) is 21.9. The first-order valence-corrected chi connectivity index (χ1v) is 13.1. The fourth-order valence-electron chi connectivity index (χ4n) is 3.83. The average molecular weight is 532 g/mol. The van der Waals surface area contributed by atoms with Crippen molar-refractivity contribution in [1.29, 1.82) is 0 Å². The van der Waals surface area contributed by atoms with Crippen LogP contribution in [0.4, 0.5) is 0 Å². The van der Waals surface area contributed by atoms with Gasteiger partial charge in [-0.2, -0.15) is 0 Å². The summed E-state index contributed by atoms with van der Waals surface area (Å²) >= 11 is 0. The van der Waals surface area contributed by atoms with Gasteiger partial charge in [0.1, 0.15) is 0 Å². The average Bonchev–Trinajstić information content (AvgIpc) is 2.84. The molecule has 4 nitrogen and oxygen atoms in total. The number of carboxylic acid groups (broad SMARTS) is 2. The first-order valence-electron chi connectivity index (χ1n) is 13.1. The Morgan fingerprint density at radius 3 is 1.09 bits per heavy atom. The molecule has 0 radical (unpaired) electrons. The Bertz CT molecular complexity index is 731. The number of carbonyl (C=O) groups is 2. The third kappa shape index (κ3) is 16.3. The number of hydrogen-bond donors (Lipinski definition) is 0. The Labute approximate surface area is 225 Å². The maximum absolute atomic E-state index is 10.6. The summed E-state index contributed by atoms with van der Waals surface area (Å²) in [4.78, 5) is 21.1. The standard InChI is InChI=1S/2C15H22O2.Zn/c2*1-2-3-4-5-6-7-8-13-9-11-14(12-10-13)15(16)17;/h2*9-12H,2-8H2,1H3,(H,16,17);/q;;+2/p-2. The van der Waals surface area contributed by atoms with Gasteiger partial charge in [-0.1, -0.05) is 127 Å². The molecule has 0 saturated heterocycles. The summed E-state index contributed by atoms with van der Waals surface area (Å²) in [5.74, 6) is -2.20. The van der Waals surface area contributed by atoms with Crippen LogP contribution in [0, 0.1) is 0 Å². The molecule has 188 valence electrons. The molecule has 2 rings (SSSR count). The van der Waals surface area contributed by atoms with Crippen molar-refractivity contribution in [3.05, 3.63) is 70.8 Å². The number of aryl methyl sites for hydroxylation is 2. The van der Waals surface area contributed by atoms with Crippen LogP contribution in [-0.4, -0.2) is 11.9 Å². The van der Waals surface area contributed by atoms with Gasteiger partial charge < -0.3 is 19.8 Å². The van der Waals surface area contributed by atoms with E-state index in [2.05, 4.69) is 13.8 Å². The van der Waals surface area contributed by atoms with Crippen molar-refractivity contribution in [3.63, 3.8) is 0 Å². The molecule has 0 aliphatic rings. The molecule has 0 aliphatic carbocycles. The van der Waals surface area contributed by atoms with Crippen LogP contribution in [-0.2, 0) is 32.3 Å². The predicted molar refractivity (Wildman–Crippen MR) is 136 cm³/mol. The number of carbonyl (C=O) groups excluding carboxylic acids is 2. The largest absolute Gasteiger partial charge is 2.00 e. The van der Waals surface area contributed by atoms with Gasteiger partial charge in [0.2, 0.25) is 0 Å². The summed E-state index contributed by atoms with van der Waals surface area (Å²) in [5, 5.41) is 21.1. The molecule has 0 amide bonds. The van der Waals surface area contributed by atoms with E-state index >= 15 is 0 Å². The molecule has 0 fully saturated rings. The first kappa shape index (κ1) is 33.0.